The molecule has 0 spiro atoms. The molecular formula is C18H26N4O4S2. The highest BCUT2D eigenvalue weighted by atomic mass is 32.2. The SMILES string of the molecule is Cc1nc(-c2csc(S(=O)(=O)N3CCC(C(=O)NCCC(C)C)CC3)c2)no1. The standard InChI is InChI=1S/C18H26N4O4S2/c1-12(2)4-7-19-18(23)14-5-8-22(9-6-14)28(24,25)16-10-15(11-27-16)17-20-13(3)26-21-17/h10-12,14H,4-9H2,1-3H3,(H,19,23). The molecule has 3 rings (SSSR count). The van der Waals surface area contributed by atoms with Gasteiger partial charge in [0, 0.05) is 43.4 Å². The number of amides is 1. The van der Waals surface area contributed by atoms with Gasteiger partial charge in [0.25, 0.3) is 10.0 Å². The summed E-state index contributed by atoms with van der Waals surface area (Å²) in [6.45, 7) is 7.28. The Morgan fingerprint density at radius 3 is 2.71 bits per heavy atom. The van der Waals surface area contributed by atoms with Crippen molar-refractivity contribution in [3.05, 3.63) is 17.3 Å². The maximum absolute atomic E-state index is 12.9. The van der Waals surface area contributed by atoms with E-state index in [0.717, 1.165) is 17.8 Å². The topological polar surface area (TPSA) is 105 Å². The number of nitrogens with one attached hydrogen (secondary N) is 1. The third-order valence-electron chi connectivity index (χ3n) is 4.80. The average Bonchev–Trinajstić information content (AvgIpc) is 3.30. The van der Waals surface area contributed by atoms with Crippen molar-refractivity contribution in [2.45, 2.75) is 44.2 Å². The van der Waals surface area contributed by atoms with Gasteiger partial charge >= 0.3 is 0 Å². The van der Waals surface area contributed by atoms with Gasteiger partial charge in [-0.25, -0.2) is 8.42 Å². The number of aromatic nitrogens is 2. The normalized spacial score (nSPS) is 16.6. The number of hydrogen-bond donors (Lipinski definition) is 1. The van der Waals surface area contributed by atoms with Gasteiger partial charge in [0.2, 0.25) is 17.6 Å². The van der Waals surface area contributed by atoms with Gasteiger partial charge in [0.15, 0.2) is 0 Å². The predicted octanol–water partition coefficient (Wildman–Crippen LogP) is 2.67. The predicted molar refractivity (Wildman–Crippen MR) is 106 cm³/mol. The second-order valence-corrected chi connectivity index (χ2v) is 10.5. The van der Waals surface area contributed by atoms with Crippen molar-refractivity contribution in [3.63, 3.8) is 0 Å². The van der Waals surface area contributed by atoms with Gasteiger partial charge in [-0.3, -0.25) is 4.79 Å². The molecule has 28 heavy (non-hydrogen) atoms. The summed E-state index contributed by atoms with van der Waals surface area (Å²) in [5, 5.41) is 8.51. The molecule has 10 heteroatoms. The third-order valence-corrected chi connectivity index (χ3v) is 8.11. The highest BCUT2D eigenvalue weighted by molar-refractivity contribution is 7.91. The number of thiophene rings is 1. The van der Waals surface area contributed by atoms with Crippen LogP contribution in [0.25, 0.3) is 11.4 Å². The van der Waals surface area contributed by atoms with Crippen LogP contribution in [-0.4, -0.2) is 48.4 Å². The lowest BCUT2D eigenvalue weighted by Gasteiger charge is -2.30. The van der Waals surface area contributed by atoms with E-state index in [-0.39, 0.29) is 16.0 Å². The number of nitrogens with zero attached hydrogens (tertiary/aromatic N) is 3. The van der Waals surface area contributed by atoms with Crippen molar-refractivity contribution in [3.8, 4) is 11.4 Å². The van der Waals surface area contributed by atoms with E-state index in [2.05, 4.69) is 29.3 Å². The number of hydrogen-bond acceptors (Lipinski definition) is 7. The van der Waals surface area contributed by atoms with Crippen LogP contribution in [0.4, 0.5) is 0 Å². The number of carbonyl (C=O) groups is 1. The molecule has 0 saturated carbocycles. The molecule has 0 aliphatic carbocycles. The molecule has 0 aromatic carbocycles. The van der Waals surface area contributed by atoms with Crippen LogP contribution >= 0.6 is 11.3 Å². The zero-order valence-corrected chi connectivity index (χ0v) is 18.0. The van der Waals surface area contributed by atoms with Crippen LogP contribution in [-0.2, 0) is 14.8 Å². The lowest BCUT2D eigenvalue weighted by atomic mass is 9.97. The highest BCUT2D eigenvalue weighted by Crippen LogP contribution is 2.31. The monoisotopic (exact) mass is 426 g/mol. The van der Waals surface area contributed by atoms with Gasteiger partial charge < -0.3 is 9.84 Å². The Morgan fingerprint density at radius 1 is 1.39 bits per heavy atom. The average molecular weight is 427 g/mol. The lowest BCUT2D eigenvalue weighted by molar-refractivity contribution is -0.126. The molecule has 2 aromatic heterocycles. The molecular weight excluding hydrogens is 400 g/mol. The van der Waals surface area contributed by atoms with Crippen molar-refractivity contribution in [2.75, 3.05) is 19.6 Å². The van der Waals surface area contributed by atoms with E-state index in [1.165, 1.54) is 4.31 Å². The Hall–Kier alpha value is -1.78. The Balaban J connectivity index is 1.59. The first kappa shape index (κ1) is 20.9. The van der Waals surface area contributed by atoms with Gasteiger partial charge in [-0.1, -0.05) is 19.0 Å². The summed E-state index contributed by atoms with van der Waals surface area (Å²) in [6.07, 6.45) is 2.02. The van der Waals surface area contributed by atoms with Crippen molar-refractivity contribution in [1.29, 1.82) is 0 Å². The quantitative estimate of drug-likeness (QED) is 0.730. The molecule has 154 valence electrons. The molecule has 0 atom stereocenters. The van der Waals surface area contributed by atoms with Crippen molar-refractivity contribution in [2.24, 2.45) is 11.8 Å². The van der Waals surface area contributed by atoms with Gasteiger partial charge in [-0.2, -0.15) is 9.29 Å². The van der Waals surface area contributed by atoms with Crippen molar-refractivity contribution in [1.82, 2.24) is 19.8 Å². The minimum absolute atomic E-state index is 0.0311. The summed E-state index contributed by atoms with van der Waals surface area (Å²) in [5.74, 6) is 1.26. The minimum Gasteiger partial charge on any atom is -0.356 e. The van der Waals surface area contributed by atoms with Gasteiger partial charge in [-0.05, 0) is 31.2 Å². The summed E-state index contributed by atoms with van der Waals surface area (Å²) in [4.78, 5) is 16.4. The molecule has 1 amide bonds. The number of piperidine rings is 1. The zero-order chi connectivity index (χ0) is 20.3. The van der Waals surface area contributed by atoms with E-state index in [1.807, 2.05) is 0 Å². The molecule has 3 heterocycles. The fraction of sp³-hybridized carbons (Fsp3) is 0.611. The van der Waals surface area contributed by atoms with Crippen molar-refractivity contribution >= 4 is 27.3 Å². The molecule has 0 bridgehead atoms. The fourth-order valence-corrected chi connectivity index (χ4v) is 5.88. The zero-order valence-electron chi connectivity index (χ0n) is 16.3. The Kier molecular flexibility index (Phi) is 6.51. The first-order valence-corrected chi connectivity index (χ1v) is 11.8. The maximum Gasteiger partial charge on any atom is 0.252 e. The molecule has 2 aromatic rings. The number of carbonyl (C=O) groups excluding carboxylic acids is 1. The summed E-state index contributed by atoms with van der Waals surface area (Å²) in [5.41, 5.74) is 0.625. The molecule has 8 nitrogen and oxygen atoms in total. The van der Waals surface area contributed by atoms with Gasteiger partial charge in [0.05, 0.1) is 0 Å². The largest absolute Gasteiger partial charge is 0.356 e. The Labute approximate surface area is 169 Å². The summed E-state index contributed by atoms with van der Waals surface area (Å²) < 4.78 is 32.5. The minimum atomic E-state index is -3.59. The van der Waals surface area contributed by atoms with Crippen LogP contribution in [0.1, 0.15) is 39.0 Å². The van der Waals surface area contributed by atoms with E-state index in [1.54, 1.807) is 18.4 Å². The summed E-state index contributed by atoms with van der Waals surface area (Å²) >= 11 is 1.14. The third kappa shape index (κ3) is 4.79. The number of rotatable bonds is 7. The first-order valence-electron chi connectivity index (χ1n) is 9.44. The molecule has 0 unspecified atom stereocenters. The number of sulfonamides is 1. The highest BCUT2D eigenvalue weighted by Gasteiger charge is 2.33. The van der Waals surface area contributed by atoms with Crippen LogP contribution in [0.2, 0.25) is 0 Å². The maximum atomic E-state index is 12.9. The molecule has 1 N–H and O–H groups in total. The van der Waals surface area contributed by atoms with Crippen molar-refractivity contribution < 1.29 is 17.7 Å². The van der Waals surface area contributed by atoms with E-state index in [9.17, 15) is 13.2 Å². The van der Waals surface area contributed by atoms with Crippen LogP contribution in [0.15, 0.2) is 20.2 Å². The van der Waals surface area contributed by atoms with E-state index in [4.69, 9.17) is 4.52 Å². The second kappa shape index (κ2) is 8.71. The molecule has 1 aliphatic rings. The molecule has 1 aliphatic heterocycles. The molecule has 1 fully saturated rings. The molecule has 1 saturated heterocycles. The van der Waals surface area contributed by atoms with E-state index in [0.29, 0.717) is 55.7 Å². The summed E-state index contributed by atoms with van der Waals surface area (Å²) in [7, 11) is -3.59. The second-order valence-electron chi connectivity index (χ2n) is 7.44. The van der Waals surface area contributed by atoms with Crippen LogP contribution in [0.5, 0.6) is 0 Å². The van der Waals surface area contributed by atoms with Crippen LogP contribution in [0, 0.1) is 18.8 Å². The number of aryl methyl sites for hydroxylation is 1. The molecule has 0 radical (unpaired) electrons. The lowest BCUT2D eigenvalue weighted by Crippen LogP contribution is -2.43. The van der Waals surface area contributed by atoms with Gasteiger partial charge in [0.1, 0.15) is 4.21 Å². The van der Waals surface area contributed by atoms with Crippen LogP contribution < -0.4 is 5.32 Å². The van der Waals surface area contributed by atoms with Crippen LogP contribution in [0.3, 0.4) is 0 Å². The smallest absolute Gasteiger partial charge is 0.252 e. The van der Waals surface area contributed by atoms with Gasteiger partial charge in [-0.15, -0.1) is 11.3 Å². The fourth-order valence-electron chi connectivity index (χ4n) is 3.10. The van der Waals surface area contributed by atoms with E-state index >= 15 is 0 Å². The van der Waals surface area contributed by atoms with E-state index < -0.39 is 10.0 Å². The Bertz CT molecular complexity index is 912. The summed E-state index contributed by atoms with van der Waals surface area (Å²) in [6, 6.07) is 1.58. The Morgan fingerprint density at radius 2 is 2.11 bits per heavy atom. The first-order chi connectivity index (χ1) is 13.3.